The SMILES string of the molecule is COc1cc(CC[C@H](C[C@@H](OC(C)=O)[C@@H]2C[C@H](CO)[C@@H]3CC[C@@H](c4ccc[nH]4)[C@@H]4C[C@@H](C(C)C)[C@H](C2)C[C@@H]43)OC(C)=O)c(-c2ccnc(N)c2)cc1O. The second kappa shape index (κ2) is 17.0. The van der Waals surface area contributed by atoms with Crippen molar-refractivity contribution in [3.8, 4) is 22.6 Å². The number of nitrogens with one attached hydrogen (secondary N) is 1. The lowest BCUT2D eigenvalue weighted by atomic mass is 9.50. The molecular formula is C43H59N3O7. The van der Waals surface area contributed by atoms with Crippen molar-refractivity contribution in [3.05, 3.63) is 60.0 Å². The standard InChI is InChI=1S/C43H59N3O7/c1-24(2)35-21-38-34(39-7-6-13-45-39)11-10-33-31(23-47)16-30(15-29(35)17-37(33)38)41(53-26(4)49)20-32(52-25(3)48)9-8-27-18-42(51-5)40(50)22-36(27)28-12-14-46-43(44)19-28/h6-7,12-14,18-19,22,24,29-35,37-38,41,45,47,50H,8-11,15-17,20-21,23H2,1-5H3,(H2,44,46)/t29-,30+,31-,32-,33+,34-,35+,37-,38+,41-/m1/s1. The van der Waals surface area contributed by atoms with Crippen LogP contribution < -0.4 is 10.5 Å². The highest BCUT2D eigenvalue weighted by Gasteiger charge is 2.51. The number of aryl methyl sites for hydroxylation is 1. The molecule has 3 saturated carbocycles. The lowest BCUT2D eigenvalue weighted by Crippen LogP contribution is -2.49. The van der Waals surface area contributed by atoms with E-state index in [-0.39, 0.29) is 30.2 Å². The van der Waals surface area contributed by atoms with Gasteiger partial charge in [-0.05, 0) is 152 Å². The summed E-state index contributed by atoms with van der Waals surface area (Å²) in [5.41, 5.74) is 9.83. The van der Waals surface area contributed by atoms with Gasteiger partial charge >= 0.3 is 11.9 Å². The third-order valence-electron chi connectivity index (χ3n) is 13.0. The van der Waals surface area contributed by atoms with Gasteiger partial charge in [-0.1, -0.05) is 13.8 Å². The van der Waals surface area contributed by atoms with E-state index in [1.807, 2.05) is 12.3 Å². The van der Waals surface area contributed by atoms with Crippen molar-refractivity contribution in [1.29, 1.82) is 0 Å². The number of nitrogens with zero attached hydrogens (tertiary/aromatic N) is 1. The molecule has 2 heterocycles. The summed E-state index contributed by atoms with van der Waals surface area (Å²) in [6.07, 6.45) is 10.2. The van der Waals surface area contributed by atoms with Crippen molar-refractivity contribution >= 4 is 17.8 Å². The van der Waals surface area contributed by atoms with Crippen LogP contribution in [0.25, 0.3) is 11.1 Å². The zero-order valence-corrected chi connectivity index (χ0v) is 32.0. The number of aromatic hydroxyl groups is 1. The molecule has 6 rings (SSSR count). The number of esters is 2. The van der Waals surface area contributed by atoms with Gasteiger partial charge in [-0.15, -0.1) is 0 Å². The number of methoxy groups -OCH3 is 1. The highest BCUT2D eigenvalue weighted by atomic mass is 16.6. The lowest BCUT2D eigenvalue weighted by Gasteiger charge is -2.55. The number of phenols is 1. The maximum atomic E-state index is 12.8. The van der Waals surface area contributed by atoms with Crippen LogP contribution in [0.4, 0.5) is 5.82 Å². The van der Waals surface area contributed by atoms with Gasteiger partial charge in [-0.3, -0.25) is 9.59 Å². The van der Waals surface area contributed by atoms with Crippen molar-refractivity contribution in [3.63, 3.8) is 0 Å². The number of carbonyl (C=O) groups excluding carboxylic acids is 2. The fourth-order valence-corrected chi connectivity index (χ4v) is 10.8. The van der Waals surface area contributed by atoms with Crippen molar-refractivity contribution in [1.82, 2.24) is 9.97 Å². The number of hydrogen-bond acceptors (Lipinski definition) is 9. The first kappa shape index (κ1) is 38.7. The first-order chi connectivity index (χ1) is 25.4. The van der Waals surface area contributed by atoms with Gasteiger partial charge in [0.1, 0.15) is 18.0 Å². The van der Waals surface area contributed by atoms with Crippen molar-refractivity contribution in [2.75, 3.05) is 19.5 Å². The van der Waals surface area contributed by atoms with Gasteiger partial charge in [-0.25, -0.2) is 4.98 Å². The average molecular weight is 730 g/mol. The predicted octanol–water partition coefficient (Wildman–Crippen LogP) is 7.69. The molecule has 53 heavy (non-hydrogen) atoms. The minimum Gasteiger partial charge on any atom is -0.504 e. The maximum absolute atomic E-state index is 12.8. The van der Waals surface area contributed by atoms with E-state index in [9.17, 15) is 19.8 Å². The van der Waals surface area contributed by atoms with Crippen LogP contribution in [0.1, 0.15) is 96.2 Å². The Balaban J connectivity index is 1.28. The number of phenolic OH excluding ortho intramolecular Hbond substituents is 1. The summed E-state index contributed by atoms with van der Waals surface area (Å²) in [6, 6.07) is 11.4. The van der Waals surface area contributed by atoms with E-state index in [2.05, 4.69) is 35.9 Å². The number of pyridine rings is 1. The van der Waals surface area contributed by atoms with E-state index in [1.54, 1.807) is 24.4 Å². The largest absolute Gasteiger partial charge is 0.504 e. The van der Waals surface area contributed by atoms with Crippen LogP contribution in [-0.4, -0.2) is 58.0 Å². The molecule has 0 unspecified atom stereocenters. The number of anilines is 1. The van der Waals surface area contributed by atoms with E-state index in [0.717, 1.165) is 48.8 Å². The van der Waals surface area contributed by atoms with Crippen LogP contribution in [0.3, 0.4) is 0 Å². The molecule has 10 nitrogen and oxygen atoms in total. The van der Waals surface area contributed by atoms with Gasteiger partial charge in [-0.2, -0.15) is 0 Å². The normalized spacial score (nSPS) is 28.0. The molecule has 10 heteroatoms. The number of aromatic nitrogens is 2. The summed E-state index contributed by atoms with van der Waals surface area (Å²) in [6.45, 7) is 7.69. The third-order valence-corrected chi connectivity index (χ3v) is 13.0. The van der Waals surface area contributed by atoms with Gasteiger partial charge in [0.2, 0.25) is 0 Å². The Hall–Kier alpha value is -4.05. The van der Waals surface area contributed by atoms with Crippen LogP contribution in [0.5, 0.6) is 11.5 Å². The number of nitrogen functional groups attached to an aromatic ring is 1. The minimum atomic E-state index is -0.536. The number of carbonyl (C=O) groups is 2. The second-order valence-corrected chi connectivity index (χ2v) is 16.4. The molecule has 1 aromatic carbocycles. The molecule has 10 atom stereocenters. The number of aliphatic hydroxyl groups excluding tert-OH is 1. The first-order valence-electron chi connectivity index (χ1n) is 19.7. The number of rotatable bonds is 13. The van der Waals surface area contributed by atoms with Gasteiger partial charge < -0.3 is 35.1 Å². The van der Waals surface area contributed by atoms with E-state index in [4.69, 9.17) is 19.9 Å². The van der Waals surface area contributed by atoms with Crippen LogP contribution >= 0.6 is 0 Å². The number of ether oxygens (including phenoxy) is 3. The quantitative estimate of drug-likeness (QED) is 0.130. The van der Waals surface area contributed by atoms with Crippen molar-refractivity contribution in [2.45, 2.75) is 104 Å². The van der Waals surface area contributed by atoms with Crippen molar-refractivity contribution in [2.24, 2.45) is 47.3 Å². The molecule has 0 aliphatic heterocycles. The Labute approximate surface area is 314 Å². The Bertz CT molecular complexity index is 1690. The van der Waals surface area contributed by atoms with E-state index in [1.165, 1.54) is 33.1 Å². The predicted molar refractivity (Wildman–Crippen MR) is 204 cm³/mol. The molecule has 0 spiro atoms. The molecule has 3 aliphatic carbocycles. The van der Waals surface area contributed by atoms with E-state index >= 15 is 0 Å². The van der Waals surface area contributed by atoms with Gasteiger partial charge in [0.05, 0.1) is 7.11 Å². The van der Waals surface area contributed by atoms with Gasteiger partial charge in [0, 0.05) is 50.9 Å². The van der Waals surface area contributed by atoms with Crippen LogP contribution in [0.15, 0.2) is 48.8 Å². The maximum Gasteiger partial charge on any atom is 0.302 e. The van der Waals surface area contributed by atoms with Gasteiger partial charge in [0.15, 0.2) is 11.5 Å². The zero-order valence-electron chi connectivity index (χ0n) is 32.0. The number of benzene rings is 1. The molecule has 3 aromatic rings. The molecule has 3 fully saturated rings. The van der Waals surface area contributed by atoms with Gasteiger partial charge in [0.25, 0.3) is 0 Å². The number of aromatic amines is 1. The number of hydrogen-bond donors (Lipinski definition) is 4. The fraction of sp³-hybridized carbons (Fsp3) is 0.605. The Morgan fingerprint density at radius 3 is 2.45 bits per heavy atom. The summed E-state index contributed by atoms with van der Waals surface area (Å²) in [7, 11) is 1.51. The fourth-order valence-electron chi connectivity index (χ4n) is 10.8. The topological polar surface area (TPSA) is 157 Å². The van der Waals surface area contributed by atoms with E-state index < -0.39 is 18.2 Å². The molecular weight excluding hydrogens is 670 g/mol. The number of aliphatic hydroxyl groups is 1. The summed E-state index contributed by atoms with van der Waals surface area (Å²) >= 11 is 0. The highest BCUT2D eigenvalue weighted by Crippen LogP contribution is 2.59. The lowest BCUT2D eigenvalue weighted by molar-refractivity contribution is -0.158. The molecule has 288 valence electrons. The number of fused-ring (bicyclic) bond motifs is 1. The average Bonchev–Trinajstić information content (AvgIpc) is 3.65. The van der Waals surface area contributed by atoms with Crippen LogP contribution in [0, 0.1) is 47.3 Å². The zero-order chi connectivity index (χ0) is 37.8. The summed E-state index contributed by atoms with van der Waals surface area (Å²) < 4.78 is 17.7. The first-order valence-corrected chi connectivity index (χ1v) is 19.7. The van der Waals surface area contributed by atoms with E-state index in [0.29, 0.717) is 72.3 Å². The Morgan fingerprint density at radius 2 is 1.79 bits per heavy atom. The number of nitrogens with two attached hydrogens (primary N) is 1. The Kier molecular flexibility index (Phi) is 12.4. The number of H-pyrrole nitrogens is 1. The summed E-state index contributed by atoms with van der Waals surface area (Å²) in [4.78, 5) is 33.0. The summed E-state index contributed by atoms with van der Waals surface area (Å²) in [5.74, 6) is 3.72. The molecule has 2 aromatic heterocycles. The molecule has 3 aliphatic rings. The third kappa shape index (κ3) is 8.85. The van der Waals surface area contributed by atoms with Crippen molar-refractivity contribution < 1.29 is 34.0 Å². The molecule has 0 amide bonds. The molecule has 0 radical (unpaired) electrons. The molecule has 0 saturated heterocycles. The summed E-state index contributed by atoms with van der Waals surface area (Å²) in [5, 5.41) is 21.7. The highest BCUT2D eigenvalue weighted by molar-refractivity contribution is 5.72. The molecule has 5 N–H and O–H groups in total. The van der Waals surface area contributed by atoms with Crippen LogP contribution in [0.2, 0.25) is 0 Å². The minimum absolute atomic E-state index is 0.00423. The molecule has 2 bridgehead atoms. The second-order valence-electron chi connectivity index (χ2n) is 16.4. The monoisotopic (exact) mass is 729 g/mol. The Morgan fingerprint density at radius 1 is 1.00 bits per heavy atom. The smallest absolute Gasteiger partial charge is 0.302 e. The van der Waals surface area contributed by atoms with Crippen LogP contribution in [-0.2, 0) is 25.5 Å².